The van der Waals surface area contributed by atoms with Gasteiger partial charge in [-0.25, -0.2) is 0 Å². The summed E-state index contributed by atoms with van der Waals surface area (Å²) in [6, 6.07) is 14.5. The maximum Gasteiger partial charge on any atom is 0.244 e. The molecule has 0 spiro atoms. The fourth-order valence-electron chi connectivity index (χ4n) is 2.47. The van der Waals surface area contributed by atoms with Gasteiger partial charge >= 0.3 is 0 Å². The average molecular weight is 371 g/mol. The number of rotatable bonds is 3. The summed E-state index contributed by atoms with van der Waals surface area (Å²) in [5.74, 6) is -0.135. The SMILES string of the molecule is Cc1ccccc1NC(=O)Cn1ccc(=O)c2ccc(Br)cc21. The summed E-state index contributed by atoms with van der Waals surface area (Å²) < 4.78 is 2.64. The van der Waals surface area contributed by atoms with Crippen LogP contribution < -0.4 is 10.7 Å². The molecule has 2 aromatic carbocycles. The van der Waals surface area contributed by atoms with Gasteiger partial charge in [0.15, 0.2) is 5.43 Å². The smallest absolute Gasteiger partial charge is 0.244 e. The van der Waals surface area contributed by atoms with Crippen molar-refractivity contribution in [2.75, 3.05) is 5.32 Å². The Balaban J connectivity index is 1.91. The molecule has 0 atom stereocenters. The topological polar surface area (TPSA) is 51.1 Å². The van der Waals surface area contributed by atoms with E-state index in [2.05, 4.69) is 21.2 Å². The van der Waals surface area contributed by atoms with E-state index >= 15 is 0 Å². The van der Waals surface area contributed by atoms with Crippen LogP contribution in [0, 0.1) is 6.92 Å². The summed E-state index contributed by atoms with van der Waals surface area (Å²) in [6.07, 6.45) is 1.65. The molecule has 5 heteroatoms. The first-order chi connectivity index (χ1) is 11.0. The van der Waals surface area contributed by atoms with Crippen LogP contribution in [0.1, 0.15) is 5.56 Å². The van der Waals surface area contributed by atoms with Crippen molar-refractivity contribution in [3.8, 4) is 0 Å². The zero-order chi connectivity index (χ0) is 16.4. The molecule has 23 heavy (non-hydrogen) atoms. The van der Waals surface area contributed by atoms with Gasteiger partial charge < -0.3 is 9.88 Å². The molecule has 0 aliphatic rings. The highest BCUT2D eigenvalue weighted by molar-refractivity contribution is 9.10. The van der Waals surface area contributed by atoms with Gasteiger partial charge in [-0.1, -0.05) is 34.1 Å². The van der Waals surface area contributed by atoms with E-state index in [0.717, 1.165) is 21.2 Å². The number of amides is 1. The predicted octanol–water partition coefficient (Wildman–Crippen LogP) is 3.71. The number of anilines is 1. The number of aromatic nitrogens is 1. The van der Waals surface area contributed by atoms with E-state index in [-0.39, 0.29) is 17.9 Å². The molecule has 0 aliphatic heterocycles. The summed E-state index contributed by atoms with van der Waals surface area (Å²) in [6.45, 7) is 2.09. The fraction of sp³-hybridized carbons (Fsp3) is 0.111. The van der Waals surface area contributed by atoms with Crippen LogP contribution in [0.25, 0.3) is 10.9 Å². The zero-order valence-electron chi connectivity index (χ0n) is 12.5. The molecule has 0 fully saturated rings. The predicted molar refractivity (Wildman–Crippen MR) is 95.7 cm³/mol. The molecule has 1 amide bonds. The number of pyridine rings is 1. The maximum absolute atomic E-state index is 12.3. The van der Waals surface area contributed by atoms with E-state index in [9.17, 15) is 9.59 Å². The Kier molecular flexibility index (Phi) is 4.30. The molecule has 0 bridgehead atoms. The lowest BCUT2D eigenvalue weighted by atomic mass is 10.2. The van der Waals surface area contributed by atoms with Gasteiger partial charge in [0.2, 0.25) is 5.91 Å². The standard InChI is InChI=1S/C18H15BrN2O2/c1-12-4-2-3-5-15(12)20-18(23)11-21-9-8-17(22)14-7-6-13(19)10-16(14)21/h2-10H,11H2,1H3,(H,20,23). The summed E-state index contributed by atoms with van der Waals surface area (Å²) in [7, 11) is 0. The molecule has 1 heterocycles. The van der Waals surface area contributed by atoms with Crippen LogP contribution in [0.5, 0.6) is 0 Å². The third kappa shape index (κ3) is 3.35. The maximum atomic E-state index is 12.3. The van der Waals surface area contributed by atoms with Crippen molar-refractivity contribution in [1.82, 2.24) is 4.57 Å². The van der Waals surface area contributed by atoms with Gasteiger partial charge in [-0.15, -0.1) is 0 Å². The summed E-state index contributed by atoms with van der Waals surface area (Å²) in [5.41, 5.74) is 2.48. The lowest BCUT2D eigenvalue weighted by Crippen LogP contribution is -2.20. The van der Waals surface area contributed by atoms with Crippen LogP contribution in [-0.4, -0.2) is 10.5 Å². The van der Waals surface area contributed by atoms with E-state index < -0.39 is 0 Å². The van der Waals surface area contributed by atoms with Crippen molar-refractivity contribution in [1.29, 1.82) is 0 Å². The van der Waals surface area contributed by atoms with Crippen molar-refractivity contribution in [2.24, 2.45) is 0 Å². The monoisotopic (exact) mass is 370 g/mol. The number of nitrogens with one attached hydrogen (secondary N) is 1. The van der Waals surface area contributed by atoms with Gasteiger partial charge in [0.05, 0.1) is 5.52 Å². The Hall–Kier alpha value is -2.40. The molecular weight excluding hydrogens is 356 g/mol. The molecule has 3 rings (SSSR count). The van der Waals surface area contributed by atoms with Gasteiger partial charge in [0.1, 0.15) is 6.54 Å². The number of halogens is 1. The number of carbonyl (C=O) groups is 1. The van der Waals surface area contributed by atoms with Gasteiger partial charge in [-0.05, 0) is 36.8 Å². The number of aryl methyl sites for hydroxylation is 1. The molecular formula is C18H15BrN2O2. The van der Waals surface area contributed by atoms with Gasteiger partial charge in [-0.3, -0.25) is 9.59 Å². The first-order valence-electron chi connectivity index (χ1n) is 7.19. The van der Waals surface area contributed by atoms with Gasteiger partial charge in [0, 0.05) is 27.8 Å². The van der Waals surface area contributed by atoms with Crippen molar-refractivity contribution in [2.45, 2.75) is 13.5 Å². The second kappa shape index (κ2) is 6.38. The second-order valence-electron chi connectivity index (χ2n) is 5.33. The molecule has 116 valence electrons. The Bertz CT molecular complexity index is 947. The Morgan fingerprint density at radius 3 is 2.74 bits per heavy atom. The number of hydrogen-bond acceptors (Lipinski definition) is 2. The normalized spacial score (nSPS) is 10.7. The first-order valence-corrected chi connectivity index (χ1v) is 7.98. The van der Waals surface area contributed by atoms with Crippen LogP contribution in [0.4, 0.5) is 5.69 Å². The lowest BCUT2D eigenvalue weighted by Gasteiger charge is -2.12. The van der Waals surface area contributed by atoms with Crippen LogP contribution in [0.2, 0.25) is 0 Å². The number of hydrogen-bond donors (Lipinski definition) is 1. The minimum atomic E-state index is -0.135. The van der Waals surface area contributed by atoms with E-state index in [1.165, 1.54) is 6.07 Å². The lowest BCUT2D eigenvalue weighted by molar-refractivity contribution is -0.116. The number of nitrogens with zero attached hydrogens (tertiary/aromatic N) is 1. The quantitative estimate of drug-likeness (QED) is 0.763. The van der Waals surface area contributed by atoms with Crippen molar-refractivity contribution in [3.63, 3.8) is 0 Å². The minimum Gasteiger partial charge on any atom is -0.338 e. The fourth-order valence-corrected chi connectivity index (χ4v) is 2.82. The highest BCUT2D eigenvalue weighted by Gasteiger charge is 2.09. The van der Waals surface area contributed by atoms with Crippen LogP contribution >= 0.6 is 15.9 Å². The molecule has 1 N–H and O–H groups in total. The molecule has 4 nitrogen and oxygen atoms in total. The van der Waals surface area contributed by atoms with Crippen LogP contribution in [-0.2, 0) is 11.3 Å². The second-order valence-corrected chi connectivity index (χ2v) is 6.25. The highest BCUT2D eigenvalue weighted by Crippen LogP contribution is 2.18. The molecule has 0 aliphatic carbocycles. The Labute approximate surface area is 141 Å². The van der Waals surface area contributed by atoms with Gasteiger partial charge in [0.25, 0.3) is 0 Å². The third-order valence-corrected chi connectivity index (χ3v) is 4.17. The van der Waals surface area contributed by atoms with Crippen molar-refractivity contribution >= 4 is 38.4 Å². The third-order valence-electron chi connectivity index (χ3n) is 3.67. The molecule has 0 radical (unpaired) electrons. The molecule has 1 aromatic heterocycles. The highest BCUT2D eigenvalue weighted by atomic mass is 79.9. The van der Waals surface area contributed by atoms with Gasteiger partial charge in [-0.2, -0.15) is 0 Å². The number of carbonyl (C=O) groups excluding carboxylic acids is 1. The van der Waals surface area contributed by atoms with E-state index in [4.69, 9.17) is 0 Å². The summed E-state index contributed by atoms with van der Waals surface area (Å²) in [4.78, 5) is 24.3. The molecule has 3 aromatic rings. The minimum absolute atomic E-state index is 0.0527. The first kappa shape index (κ1) is 15.5. The molecule has 0 unspecified atom stereocenters. The number of para-hydroxylation sites is 1. The Morgan fingerprint density at radius 2 is 1.96 bits per heavy atom. The summed E-state index contributed by atoms with van der Waals surface area (Å²) in [5, 5.41) is 3.50. The number of fused-ring (bicyclic) bond motifs is 1. The largest absolute Gasteiger partial charge is 0.338 e. The van der Waals surface area contributed by atoms with Crippen molar-refractivity contribution in [3.05, 3.63) is 75.0 Å². The zero-order valence-corrected chi connectivity index (χ0v) is 14.1. The van der Waals surface area contributed by atoms with Crippen LogP contribution in [0.15, 0.2) is 64.0 Å². The van der Waals surface area contributed by atoms with E-state index in [0.29, 0.717) is 5.39 Å². The summed E-state index contributed by atoms with van der Waals surface area (Å²) >= 11 is 3.40. The average Bonchev–Trinajstić information content (AvgIpc) is 2.52. The number of benzene rings is 2. The van der Waals surface area contributed by atoms with Crippen molar-refractivity contribution < 1.29 is 4.79 Å². The Morgan fingerprint density at radius 1 is 1.17 bits per heavy atom. The van der Waals surface area contributed by atoms with E-state index in [1.807, 2.05) is 43.3 Å². The molecule has 0 saturated carbocycles. The van der Waals surface area contributed by atoms with Crippen LogP contribution in [0.3, 0.4) is 0 Å². The van der Waals surface area contributed by atoms with E-state index in [1.54, 1.807) is 16.8 Å². The molecule has 0 saturated heterocycles.